The van der Waals surface area contributed by atoms with Crippen molar-refractivity contribution in [1.29, 1.82) is 0 Å². The lowest BCUT2D eigenvalue weighted by Gasteiger charge is -2.19. The van der Waals surface area contributed by atoms with E-state index in [2.05, 4.69) is 17.2 Å². The Hall–Kier alpha value is -1.83. The van der Waals surface area contributed by atoms with Crippen molar-refractivity contribution in [3.05, 3.63) is 35.4 Å². The highest BCUT2D eigenvalue weighted by Crippen LogP contribution is 2.21. The monoisotopic (exact) mass is 287 g/mol. The molecule has 1 aromatic carbocycles. The average Bonchev–Trinajstić information content (AvgIpc) is 2.95. The molecule has 2 rings (SSSR count). The zero-order valence-electron chi connectivity index (χ0n) is 12.3. The molecule has 2 N–H and O–H groups in total. The first-order chi connectivity index (χ1) is 10.2. The van der Waals surface area contributed by atoms with Crippen molar-refractivity contribution >= 4 is 5.91 Å². The number of carbonyl (C=O) groups excluding carboxylic acids is 1. The molecule has 1 fully saturated rings. The number of aliphatic hydroxyl groups is 1. The lowest BCUT2D eigenvalue weighted by molar-refractivity contribution is 0.0722. The zero-order valence-corrected chi connectivity index (χ0v) is 12.3. The summed E-state index contributed by atoms with van der Waals surface area (Å²) >= 11 is 0. The number of benzene rings is 1. The van der Waals surface area contributed by atoms with Gasteiger partial charge in [-0.1, -0.05) is 17.9 Å². The second-order valence-electron chi connectivity index (χ2n) is 5.14. The van der Waals surface area contributed by atoms with Crippen molar-refractivity contribution in [3.8, 4) is 11.8 Å². The van der Waals surface area contributed by atoms with Crippen molar-refractivity contribution in [2.24, 2.45) is 0 Å². The Morgan fingerprint density at radius 2 is 2.33 bits per heavy atom. The Bertz CT molecular complexity index is 544. The molecular formula is C17H21NO3. The molecule has 2 unspecified atom stereocenters. The van der Waals surface area contributed by atoms with Gasteiger partial charge in [0.2, 0.25) is 0 Å². The lowest BCUT2D eigenvalue weighted by atomic mass is 10.1. The number of hydrogen-bond acceptors (Lipinski definition) is 3. The van der Waals surface area contributed by atoms with E-state index in [1.807, 2.05) is 12.1 Å². The molecule has 2 atom stereocenters. The molecule has 1 aromatic rings. The number of nitrogens with one attached hydrogen (secondary N) is 1. The summed E-state index contributed by atoms with van der Waals surface area (Å²) in [5, 5.41) is 11.8. The molecular weight excluding hydrogens is 266 g/mol. The van der Waals surface area contributed by atoms with Crippen LogP contribution in [0, 0.1) is 11.8 Å². The highest BCUT2D eigenvalue weighted by atomic mass is 16.5. The minimum atomic E-state index is -0.0882. The lowest BCUT2D eigenvalue weighted by Crippen LogP contribution is -2.40. The predicted octanol–water partition coefficient (Wildman–Crippen LogP) is 1.72. The van der Waals surface area contributed by atoms with Crippen LogP contribution in [0.2, 0.25) is 0 Å². The predicted molar refractivity (Wildman–Crippen MR) is 80.9 cm³/mol. The summed E-state index contributed by atoms with van der Waals surface area (Å²) in [6.45, 7) is 0.0489. The summed E-state index contributed by atoms with van der Waals surface area (Å²) in [6, 6.07) is 7.32. The maximum absolute atomic E-state index is 12.3. The fourth-order valence-corrected chi connectivity index (χ4v) is 2.58. The van der Waals surface area contributed by atoms with Gasteiger partial charge < -0.3 is 15.2 Å². The van der Waals surface area contributed by atoms with Crippen molar-refractivity contribution < 1.29 is 14.6 Å². The Morgan fingerprint density at radius 3 is 3.10 bits per heavy atom. The van der Waals surface area contributed by atoms with Gasteiger partial charge >= 0.3 is 0 Å². The van der Waals surface area contributed by atoms with Gasteiger partial charge in [0.25, 0.3) is 5.91 Å². The van der Waals surface area contributed by atoms with Crippen LogP contribution in [0.3, 0.4) is 0 Å². The van der Waals surface area contributed by atoms with Crippen LogP contribution in [0.15, 0.2) is 24.3 Å². The van der Waals surface area contributed by atoms with Gasteiger partial charge in [0.15, 0.2) is 0 Å². The van der Waals surface area contributed by atoms with E-state index in [0.717, 1.165) is 24.8 Å². The zero-order chi connectivity index (χ0) is 15.1. The first kappa shape index (κ1) is 15.6. The van der Waals surface area contributed by atoms with Crippen LogP contribution in [0.4, 0.5) is 0 Å². The number of aliphatic hydroxyl groups excluding tert-OH is 1. The summed E-state index contributed by atoms with van der Waals surface area (Å²) in [6.07, 6.45) is 3.58. The molecule has 0 saturated heterocycles. The quantitative estimate of drug-likeness (QED) is 0.829. The third-order valence-corrected chi connectivity index (χ3v) is 3.67. The van der Waals surface area contributed by atoms with Crippen LogP contribution in [-0.4, -0.2) is 36.9 Å². The van der Waals surface area contributed by atoms with E-state index in [9.17, 15) is 4.79 Å². The third kappa shape index (κ3) is 4.32. The van der Waals surface area contributed by atoms with Gasteiger partial charge in [-0.3, -0.25) is 4.79 Å². The standard InChI is InChI=1S/C17H21NO3/c1-21-16-10-5-9-15(16)18-17(20)14-8-4-7-13(12-14)6-2-3-11-19/h4,7-8,12,15-16,19H,3,5,9-11H2,1H3,(H,18,20). The Morgan fingerprint density at radius 1 is 1.48 bits per heavy atom. The molecule has 0 aliphatic heterocycles. The fourth-order valence-electron chi connectivity index (χ4n) is 2.58. The molecule has 4 nitrogen and oxygen atoms in total. The van der Waals surface area contributed by atoms with E-state index in [0.29, 0.717) is 12.0 Å². The van der Waals surface area contributed by atoms with Gasteiger partial charge in [-0.2, -0.15) is 0 Å². The second kappa shape index (κ2) is 7.82. The number of rotatable bonds is 4. The highest BCUT2D eigenvalue weighted by molar-refractivity contribution is 5.94. The van der Waals surface area contributed by atoms with E-state index in [1.54, 1.807) is 19.2 Å². The average molecular weight is 287 g/mol. The Kier molecular flexibility index (Phi) is 5.79. The maximum Gasteiger partial charge on any atom is 0.251 e. The van der Waals surface area contributed by atoms with E-state index >= 15 is 0 Å². The van der Waals surface area contributed by atoms with E-state index in [4.69, 9.17) is 9.84 Å². The Labute approximate surface area is 125 Å². The van der Waals surface area contributed by atoms with Crippen molar-refractivity contribution in [1.82, 2.24) is 5.32 Å². The van der Waals surface area contributed by atoms with Crippen LogP contribution in [0.5, 0.6) is 0 Å². The third-order valence-electron chi connectivity index (χ3n) is 3.67. The summed E-state index contributed by atoms with van der Waals surface area (Å²) in [4.78, 5) is 12.3. The molecule has 1 aliphatic carbocycles. The summed E-state index contributed by atoms with van der Waals surface area (Å²) in [5.74, 6) is 5.71. The van der Waals surface area contributed by atoms with E-state index < -0.39 is 0 Å². The summed E-state index contributed by atoms with van der Waals surface area (Å²) < 4.78 is 5.39. The van der Waals surface area contributed by atoms with Crippen LogP contribution in [0.25, 0.3) is 0 Å². The van der Waals surface area contributed by atoms with E-state index in [1.165, 1.54) is 0 Å². The minimum Gasteiger partial charge on any atom is -0.395 e. The molecule has 4 heteroatoms. The molecule has 0 radical (unpaired) electrons. The number of amides is 1. The van der Waals surface area contributed by atoms with Gasteiger partial charge in [-0.15, -0.1) is 0 Å². The molecule has 1 saturated carbocycles. The maximum atomic E-state index is 12.3. The smallest absolute Gasteiger partial charge is 0.251 e. The number of methoxy groups -OCH3 is 1. The molecule has 21 heavy (non-hydrogen) atoms. The first-order valence-electron chi connectivity index (χ1n) is 7.28. The topological polar surface area (TPSA) is 58.6 Å². The van der Waals surface area contributed by atoms with Crippen molar-refractivity contribution in [2.45, 2.75) is 37.8 Å². The summed E-state index contributed by atoms with van der Waals surface area (Å²) in [5.41, 5.74) is 1.39. The van der Waals surface area contributed by atoms with Gasteiger partial charge in [0.05, 0.1) is 18.8 Å². The highest BCUT2D eigenvalue weighted by Gasteiger charge is 2.28. The largest absolute Gasteiger partial charge is 0.395 e. The van der Waals surface area contributed by atoms with Crippen LogP contribution >= 0.6 is 0 Å². The van der Waals surface area contributed by atoms with Gasteiger partial charge in [0, 0.05) is 24.7 Å². The van der Waals surface area contributed by atoms with Gasteiger partial charge in [-0.25, -0.2) is 0 Å². The normalized spacial score (nSPS) is 20.7. The molecule has 0 bridgehead atoms. The fraction of sp³-hybridized carbons (Fsp3) is 0.471. The summed E-state index contributed by atoms with van der Waals surface area (Å²) in [7, 11) is 1.69. The first-order valence-corrected chi connectivity index (χ1v) is 7.28. The van der Waals surface area contributed by atoms with Crippen LogP contribution in [0.1, 0.15) is 41.6 Å². The number of hydrogen-bond donors (Lipinski definition) is 2. The van der Waals surface area contributed by atoms with E-state index in [-0.39, 0.29) is 24.7 Å². The van der Waals surface area contributed by atoms with Gasteiger partial charge in [-0.05, 0) is 37.5 Å². The second-order valence-corrected chi connectivity index (χ2v) is 5.14. The van der Waals surface area contributed by atoms with Crippen molar-refractivity contribution in [3.63, 3.8) is 0 Å². The van der Waals surface area contributed by atoms with Crippen LogP contribution in [-0.2, 0) is 4.74 Å². The molecule has 112 valence electrons. The minimum absolute atomic E-state index is 0.0489. The SMILES string of the molecule is COC1CCCC1NC(=O)c1cccc(C#CCCO)c1. The van der Waals surface area contributed by atoms with Crippen molar-refractivity contribution in [2.75, 3.05) is 13.7 Å². The molecule has 0 spiro atoms. The molecule has 0 aromatic heterocycles. The van der Waals surface area contributed by atoms with Gasteiger partial charge in [0.1, 0.15) is 0 Å². The molecule has 1 amide bonds. The number of ether oxygens (including phenoxy) is 1. The number of carbonyl (C=O) groups is 1. The molecule has 0 heterocycles. The van der Waals surface area contributed by atoms with Crippen LogP contribution < -0.4 is 5.32 Å². The Balaban J connectivity index is 2.02. The molecule has 1 aliphatic rings.